The molecule has 0 unspecified atom stereocenters. The van der Waals surface area contributed by atoms with Crippen molar-refractivity contribution in [3.8, 4) is 11.9 Å². The van der Waals surface area contributed by atoms with Crippen LogP contribution in [-0.4, -0.2) is 78.8 Å². The molecule has 2 aliphatic rings. The molecule has 2 aliphatic heterocycles. The van der Waals surface area contributed by atoms with E-state index in [1.807, 2.05) is 0 Å². The number of aliphatic hydroxyl groups excluding tert-OH is 1. The molecule has 14 heteroatoms. The van der Waals surface area contributed by atoms with Gasteiger partial charge in [-0.15, -0.1) is 0 Å². The molecule has 0 spiro atoms. The Balaban J connectivity index is 1.64. The number of halogens is 1. The number of sulfonamides is 1. The summed E-state index contributed by atoms with van der Waals surface area (Å²) in [5, 5.41) is 34.9. The molecule has 36 heavy (non-hydrogen) atoms. The molecule has 0 bridgehead atoms. The monoisotopic (exact) mass is 534 g/mol. The van der Waals surface area contributed by atoms with Crippen LogP contribution in [0.3, 0.4) is 0 Å². The number of carbonyl (C=O) groups is 1. The second-order valence-corrected chi connectivity index (χ2v) is 10.4. The highest BCUT2D eigenvalue weighted by Crippen LogP contribution is 2.37. The molecule has 0 aliphatic carbocycles. The third kappa shape index (κ3) is 5.47. The van der Waals surface area contributed by atoms with Gasteiger partial charge in [0.15, 0.2) is 6.19 Å². The first-order valence-electron chi connectivity index (χ1n) is 10.9. The number of hydrogen-bond acceptors (Lipinski definition) is 7. The molecule has 1 saturated heterocycles. The fourth-order valence-corrected chi connectivity index (χ4v) is 5.49. The number of carboxylic acid groups (broad SMARTS) is 1. The summed E-state index contributed by atoms with van der Waals surface area (Å²) in [5.74, 6) is 0.390. The average molecular weight is 535 g/mol. The predicted octanol–water partition coefficient (Wildman–Crippen LogP) is 1.66. The van der Waals surface area contributed by atoms with Crippen molar-refractivity contribution in [3.05, 3.63) is 53.1 Å². The van der Waals surface area contributed by atoms with Crippen molar-refractivity contribution >= 4 is 39.4 Å². The van der Waals surface area contributed by atoms with Gasteiger partial charge in [-0.3, -0.25) is 5.32 Å². The summed E-state index contributed by atoms with van der Waals surface area (Å²) < 4.78 is 33.3. The molecular formula is C22H23ClN6O6S. The van der Waals surface area contributed by atoms with E-state index in [-0.39, 0.29) is 43.6 Å². The number of aliphatic imine (C=N–C) groups is 1. The third-order valence-electron chi connectivity index (χ3n) is 5.77. The minimum absolute atomic E-state index is 0.0215. The van der Waals surface area contributed by atoms with Crippen LogP contribution in [-0.2, 0) is 10.0 Å². The topological polar surface area (TPSA) is 168 Å². The molecule has 1 fully saturated rings. The molecule has 2 aromatic rings. The van der Waals surface area contributed by atoms with E-state index in [0.29, 0.717) is 22.0 Å². The second-order valence-electron chi connectivity index (χ2n) is 8.04. The molecule has 2 aromatic carbocycles. The van der Waals surface area contributed by atoms with Gasteiger partial charge in [-0.2, -0.15) is 9.57 Å². The van der Waals surface area contributed by atoms with Gasteiger partial charge in [-0.25, -0.2) is 18.2 Å². The Labute approximate surface area is 212 Å². The van der Waals surface area contributed by atoms with Gasteiger partial charge in [0.2, 0.25) is 16.0 Å². The van der Waals surface area contributed by atoms with E-state index < -0.39 is 28.3 Å². The Morgan fingerprint density at radius 1 is 1.17 bits per heavy atom. The number of anilines is 1. The number of amides is 1. The van der Waals surface area contributed by atoms with E-state index >= 15 is 0 Å². The van der Waals surface area contributed by atoms with Gasteiger partial charge in [-0.1, -0.05) is 11.6 Å². The van der Waals surface area contributed by atoms with Crippen molar-refractivity contribution in [1.82, 2.24) is 14.5 Å². The number of nitriles is 1. The summed E-state index contributed by atoms with van der Waals surface area (Å²) in [5.41, 5.74) is 0.911. The van der Waals surface area contributed by atoms with Crippen LogP contribution in [0.5, 0.6) is 5.75 Å². The van der Waals surface area contributed by atoms with Gasteiger partial charge >= 0.3 is 6.09 Å². The number of benzene rings is 2. The summed E-state index contributed by atoms with van der Waals surface area (Å²) in [6.07, 6.45) is -0.422. The fraction of sp³-hybridized carbons (Fsp3) is 0.318. The fourth-order valence-electron chi connectivity index (χ4n) is 3.91. The summed E-state index contributed by atoms with van der Waals surface area (Å²) in [6, 6.07) is 10.0. The van der Waals surface area contributed by atoms with Gasteiger partial charge in [-0.05, 0) is 42.5 Å². The van der Waals surface area contributed by atoms with Crippen molar-refractivity contribution in [2.45, 2.75) is 17.0 Å². The van der Waals surface area contributed by atoms with Gasteiger partial charge in [0.25, 0.3) is 0 Å². The van der Waals surface area contributed by atoms with Crippen molar-refractivity contribution in [1.29, 1.82) is 5.26 Å². The maximum atomic E-state index is 13.3. The molecule has 0 aromatic heterocycles. The standard InChI is InChI=1S/C22H23ClN6O6S/c23-14-1-3-15(4-2-14)26-21(25-13-24)27-20-17-11-16(5-6-19(17)35-12-18(20)30)36(33,34)29-9-7-28(8-10-29)22(31)32/h1-6,11,18,20,30H,7-10,12H2,(H,31,32)(H2,25,26,27)/t18-,20-/m1/s1. The quantitative estimate of drug-likeness (QED) is 0.197. The lowest BCUT2D eigenvalue weighted by Crippen LogP contribution is -2.50. The molecular weight excluding hydrogens is 512 g/mol. The van der Waals surface area contributed by atoms with Crippen LogP contribution in [0, 0.1) is 11.5 Å². The highest BCUT2D eigenvalue weighted by Gasteiger charge is 2.34. The number of rotatable bonds is 4. The Morgan fingerprint density at radius 3 is 2.50 bits per heavy atom. The molecule has 2 heterocycles. The molecule has 190 valence electrons. The summed E-state index contributed by atoms with van der Waals surface area (Å²) in [4.78, 5) is 16.7. The predicted molar refractivity (Wildman–Crippen MR) is 130 cm³/mol. The number of fused-ring (bicyclic) bond motifs is 1. The van der Waals surface area contributed by atoms with E-state index in [9.17, 15) is 23.6 Å². The number of aliphatic hydroxyl groups is 1. The van der Waals surface area contributed by atoms with Crippen molar-refractivity contribution < 1.29 is 28.2 Å². The first-order chi connectivity index (χ1) is 17.2. The van der Waals surface area contributed by atoms with Crippen LogP contribution in [0.2, 0.25) is 5.02 Å². The normalized spacial score (nSPS) is 20.6. The highest BCUT2D eigenvalue weighted by molar-refractivity contribution is 7.89. The lowest BCUT2D eigenvalue weighted by atomic mass is 9.99. The summed E-state index contributed by atoms with van der Waals surface area (Å²) in [6.45, 7) is 0.0914. The first-order valence-corrected chi connectivity index (χ1v) is 12.7. The smallest absolute Gasteiger partial charge is 0.407 e. The van der Waals surface area contributed by atoms with Gasteiger partial charge < -0.3 is 25.2 Å². The van der Waals surface area contributed by atoms with Crippen molar-refractivity contribution in [3.63, 3.8) is 0 Å². The minimum atomic E-state index is -3.94. The Hall–Kier alpha value is -3.57. The van der Waals surface area contributed by atoms with Crippen LogP contribution >= 0.6 is 11.6 Å². The molecule has 1 amide bonds. The van der Waals surface area contributed by atoms with Gasteiger partial charge in [0, 0.05) is 42.5 Å². The van der Waals surface area contributed by atoms with E-state index in [4.69, 9.17) is 21.4 Å². The molecule has 4 N–H and O–H groups in total. The lowest BCUT2D eigenvalue weighted by Gasteiger charge is -2.33. The molecule has 2 atom stereocenters. The minimum Gasteiger partial charge on any atom is -0.490 e. The zero-order chi connectivity index (χ0) is 25.9. The highest BCUT2D eigenvalue weighted by atomic mass is 35.5. The van der Waals surface area contributed by atoms with E-state index in [0.717, 1.165) is 4.90 Å². The number of piperazine rings is 1. The van der Waals surface area contributed by atoms with E-state index in [1.165, 1.54) is 22.5 Å². The third-order valence-corrected chi connectivity index (χ3v) is 7.92. The zero-order valence-electron chi connectivity index (χ0n) is 18.8. The maximum absolute atomic E-state index is 13.3. The molecule has 0 saturated carbocycles. The molecule has 12 nitrogen and oxygen atoms in total. The van der Waals surface area contributed by atoms with Gasteiger partial charge in [0.1, 0.15) is 24.5 Å². The lowest BCUT2D eigenvalue weighted by molar-refractivity contribution is 0.0684. The number of guanidine groups is 1. The average Bonchev–Trinajstić information content (AvgIpc) is 2.87. The summed E-state index contributed by atoms with van der Waals surface area (Å²) in [7, 11) is -3.94. The van der Waals surface area contributed by atoms with E-state index in [2.05, 4.69) is 15.6 Å². The number of hydrogen-bond donors (Lipinski definition) is 4. The molecule has 4 rings (SSSR count). The first kappa shape index (κ1) is 25.5. The number of ether oxygens (including phenoxy) is 1. The van der Waals surface area contributed by atoms with Crippen molar-refractivity contribution in [2.24, 2.45) is 4.99 Å². The second kappa shape index (κ2) is 10.6. The Bertz CT molecular complexity index is 1310. The summed E-state index contributed by atoms with van der Waals surface area (Å²) >= 11 is 5.92. The van der Waals surface area contributed by atoms with Crippen LogP contribution < -0.4 is 15.4 Å². The largest absolute Gasteiger partial charge is 0.490 e. The van der Waals surface area contributed by atoms with E-state index in [1.54, 1.807) is 30.5 Å². The zero-order valence-corrected chi connectivity index (χ0v) is 20.4. The van der Waals surface area contributed by atoms with Crippen LogP contribution in [0.1, 0.15) is 11.6 Å². The maximum Gasteiger partial charge on any atom is 0.407 e. The van der Waals surface area contributed by atoms with Crippen molar-refractivity contribution in [2.75, 3.05) is 38.1 Å². The van der Waals surface area contributed by atoms with Crippen LogP contribution in [0.25, 0.3) is 0 Å². The Kier molecular flexibility index (Phi) is 7.51. The molecule has 0 radical (unpaired) electrons. The van der Waals surface area contributed by atoms with Crippen LogP contribution in [0.15, 0.2) is 52.4 Å². The Morgan fingerprint density at radius 2 is 1.86 bits per heavy atom. The van der Waals surface area contributed by atoms with Crippen LogP contribution in [0.4, 0.5) is 10.5 Å². The number of nitrogens with zero attached hydrogens (tertiary/aromatic N) is 4. The number of nitrogens with one attached hydrogen (secondary N) is 2. The van der Waals surface area contributed by atoms with Gasteiger partial charge in [0.05, 0.1) is 4.90 Å². The SMILES string of the molecule is N#CNC(=N[C@@H]1c2cc(S(=O)(=O)N3CCN(C(=O)O)CC3)ccc2OC[C@H]1O)Nc1ccc(Cl)cc1.